The van der Waals surface area contributed by atoms with E-state index in [1.807, 2.05) is 0 Å². The van der Waals surface area contributed by atoms with Gasteiger partial charge in [0.05, 0.1) is 23.2 Å². The van der Waals surface area contributed by atoms with Crippen LogP contribution in [0.4, 0.5) is 13.2 Å². The van der Waals surface area contributed by atoms with E-state index in [0.29, 0.717) is 17.0 Å². The fourth-order valence-electron chi connectivity index (χ4n) is 1.99. The van der Waals surface area contributed by atoms with E-state index in [1.165, 1.54) is 24.6 Å². The molecule has 0 amide bonds. The first-order valence-electron chi connectivity index (χ1n) is 6.91. The van der Waals surface area contributed by atoms with Crippen molar-refractivity contribution in [3.63, 3.8) is 0 Å². The van der Waals surface area contributed by atoms with E-state index in [0.717, 1.165) is 4.88 Å². The average molecular weight is 372 g/mol. The summed E-state index contributed by atoms with van der Waals surface area (Å²) >= 11 is 1.21. The maximum Gasteiger partial charge on any atom is 0.471 e. The lowest BCUT2D eigenvalue weighted by Gasteiger charge is -1.97. The predicted molar refractivity (Wildman–Crippen MR) is 80.1 cm³/mol. The molecule has 0 N–H and O–H groups in total. The molecule has 0 unspecified atom stereocenters. The molecule has 0 aliphatic carbocycles. The fourth-order valence-corrected chi connectivity index (χ4v) is 2.92. The van der Waals surface area contributed by atoms with Gasteiger partial charge in [-0.3, -0.25) is 9.48 Å². The number of carbonyl (C=O) groups is 1. The minimum Gasteiger partial charge on any atom is -0.377 e. The highest BCUT2D eigenvalue weighted by Gasteiger charge is 2.38. The number of hydrogen-bond donors (Lipinski definition) is 0. The molecule has 0 saturated carbocycles. The van der Waals surface area contributed by atoms with Crippen molar-refractivity contribution in [2.45, 2.75) is 12.7 Å². The number of hydrogen-bond acceptors (Lipinski definition) is 7. The Hall–Kier alpha value is -2.53. The summed E-state index contributed by atoms with van der Waals surface area (Å²) in [6, 6.07) is 3.33. The van der Waals surface area contributed by atoms with Crippen molar-refractivity contribution < 1.29 is 27.2 Å². The lowest BCUT2D eigenvalue weighted by Crippen LogP contribution is -2.06. The summed E-state index contributed by atoms with van der Waals surface area (Å²) in [5.74, 6) is -1.70. The molecule has 3 aromatic rings. The number of alkyl halides is 3. The molecule has 132 valence electrons. The molecule has 3 aromatic heterocycles. The van der Waals surface area contributed by atoms with Gasteiger partial charge in [-0.2, -0.15) is 23.3 Å². The molecule has 0 saturated heterocycles. The highest BCUT2D eigenvalue weighted by Crippen LogP contribution is 2.31. The Bertz CT molecular complexity index is 884. The van der Waals surface area contributed by atoms with Crippen LogP contribution in [0, 0.1) is 0 Å². The molecule has 0 radical (unpaired) electrons. The fraction of sp³-hybridized carbons (Fsp3) is 0.286. The van der Waals surface area contributed by atoms with Crippen LogP contribution in [-0.4, -0.2) is 39.4 Å². The normalized spacial score (nSPS) is 11.8. The summed E-state index contributed by atoms with van der Waals surface area (Å²) in [6.07, 6.45) is -1.66. The van der Waals surface area contributed by atoms with Crippen LogP contribution < -0.4 is 0 Å². The van der Waals surface area contributed by atoms with E-state index in [-0.39, 0.29) is 18.2 Å². The number of rotatable bonds is 6. The number of carbonyl (C=O) groups excluding carboxylic acids is 1. The van der Waals surface area contributed by atoms with Gasteiger partial charge in [0.2, 0.25) is 5.82 Å². The van der Waals surface area contributed by atoms with Crippen molar-refractivity contribution in [1.82, 2.24) is 19.9 Å². The molecule has 0 aromatic carbocycles. The smallest absolute Gasteiger partial charge is 0.377 e. The van der Waals surface area contributed by atoms with Gasteiger partial charge < -0.3 is 9.26 Å². The third-order valence-corrected chi connectivity index (χ3v) is 4.16. The average Bonchev–Trinajstić information content (AvgIpc) is 3.27. The van der Waals surface area contributed by atoms with Gasteiger partial charge in [-0.05, 0) is 12.1 Å². The molecule has 3 rings (SSSR count). The van der Waals surface area contributed by atoms with Crippen LogP contribution in [0.2, 0.25) is 0 Å². The second-order valence-electron chi connectivity index (χ2n) is 4.97. The zero-order valence-corrected chi connectivity index (χ0v) is 13.6. The third kappa shape index (κ3) is 3.94. The van der Waals surface area contributed by atoms with E-state index in [4.69, 9.17) is 4.74 Å². The Morgan fingerprint density at radius 1 is 1.40 bits per heavy atom. The van der Waals surface area contributed by atoms with Crippen molar-refractivity contribution >= 4 is 17.1 Å². The summed E-state index contributed by atoms with van der Waals surface area (Å²) < 4.78 is 48.0. The first-order valence-corrected chi connectivity index (χ1v) is 7.73. The van der Waals surface area contributed by atoms with Crippen LogP contribution in [0.15, 0.2) is 29.0 Å². The molecule has 7 nitrogen and oxygen atoms in total. The minimum atomic E-state index is -4.68. The van der Waals surface area contributed by atoms with Crippen LogP contribution in [0.25, 0.3) is 10.7 Å². The number of methoxy groups -OCH3 is 1. The summed E-state index contributed by atoms with van der Waals surface area (Å²) in [6.45, 7) is 0.323. The number of ketones is 1. The summed E-state index contributed by atoms with van der Waals surface area (Å²) in [4.78, 5) is 16.3. The molecule has 0 fully saturated rings. The van der Waals surface area contributed by atoms with E-state index in [1.54, 1.807) is 23.0 Å². The first-order chi connectivity index (χ1) is 11.9. The number of aromatic nitrogens is 4. The van der Waals surface area contributed by atoms with Gasteiger partial charge in [0.15, 0.2) is 5.78 Å². The minimum absolute atomic E-state index is 0.0335. The Kier molecular flexibility index (Phi) is 4.68. The van der Waals surface area contributed by atoms with Crippen LogP contribution in [0.1, 0.15) is 21.1 Å². The maximum absolute atomic E-state index is 12.5. The zero-order valence-electron chi connectivity index (χ0n) is 12.8. The van der Waals surface area contributed by atoms with Crippen molar-refractivity contribution in [1.29, 1.82) is 0 Å². The van der Waals surface area contributed by atoms with E-state index < -0.39 is 12.1 Å². The van der Waals surface area contributed by atoms with Gasteiger partial charge in [0.1, 0.15) is 6.61 Å². The van der Waals surface area contributed by atoms with E-state index in [2.05, 4.69) is 19.8 Å². The second kappa shape index (κ2) is 6.76. The maximum atomic E-state index is 12.5. The molecule has 25 heavy (non-hydrogen) atoms. The number of thiophene rings is 1. The van der Waals surface area contributed by atoms with E-state index >= 15 is 0 Å². The van der Waals surface area contributed by atoms with Gasteiger partial charge in [-0.15, -0.1) is 11.3 Å². The number of halogens is 3. The standard InChI is InChI=1S/C14H11F3N4O3S/c1-23-7-10(22)8-4-18-21(5-8)6-9-2-3-11(25-9)12-19-13(24-20-12)14(15,16)17/h2-5H,6-7H2,1H3. The first kappa shape index (κ1) is 17.3. The lowest BCUT2D eigenvalue weighted by molar-refractivity contribution is -0.159. The Labute approximate surface area is 143 Å². The van der Waals surface area contributed by atoms with Gasteiger partial charge in [0, 0.05) is 18.2 Å². The SMILES string of the molecule is COCC(=O)c1cnn(Cc2ccc(-c3noc(C(F)(F)F)n3)s2)c1. The van der Waals surface area contributed by atoms with Crippen LogP contribution in [-0.2, 0) is 17.5 Å². The number of Topliss-reactive ketones (excluding diaryl/α,β-unsaturated/α-hetero) is 1. The lowest BCUT2D eigenvalue weighted by atomic mass is 10.2. The Morgan fingerprint density at radius 3 is 2.88 bits per heavy atom. The van der Waals surface area contributed by atoms with Gasteiger partial charge in [-0.25, -0.2) is 0 Å². The van der Waals surface area contributed by atoms with Crippen molar-refractivity contribution in [3.8, 4) is 10.7 Å². The molecule has 0 bridgehead atoms. The molecular formula is C14H11F3N4O3S. The monoisotopic (exact) mass is 372 g/mol. The van der Waals surface area contributed by atoms with Gasteiger partial charge in [-0.1, -0.05) is 5.16 Å². The van der Waals surface area contributed by atoms with Gasteiger partial charge in [0.25, 0.3) is 0 Å². The highest BCUT2D eigenvalue weighted by molar-refractivity contribution is 7.15. The summed E-state index contributed by atoms with van der Waals surface area (Å²) in [7, 11) is 1.43. The topological polar surface area (TPSA) is 83.0 Å². The quantitative estimate of drug-likeness (QED) is 0.619. The molecule has 11 heteroatoms. The van der Waals surface area contributed by atoms with E-state index in [9.17, 15) is 18.0 Å². The largest absolute Gasteiger partial charge is 0.471 e. The molecule has 0 spiro atoms. The predicted octanol–water partition coefficient (Wildman–Crippen LogP) is 2.89. The molecule has 0 atom stereocenters. The van der Waals surface area contributed by atoms with Crippen LogP contribution in [0.3, 0.4) is 0 Å². The molecule has 3 heterocycles. The molecule has 0 aliphatic heterocycles. The third-order valence-electron chi connectivity index (χ3n) is 3.10. The second-order valence-corrected chi connectivity index (χ2v) is 6.14. The molecular weight excluding hydrogens is 361 g/mol. The number of ether oxygens (including phenoxy) is 1. The number of nitrogens with zero attached hydrogens (tertiary/aromatic N) is 4. The summed E-state index contributed by atoms with van der Waals surface area (Å²) in [5, 5.41) is 7.43. The zero-order chi connectivity index (χ0) is 18.0. The van der Waals surface area contributed by atoms with Gasteiger partial charge >= 0.3 is 12.1 Å². The van der Waals surface area contributed by atoms with Crippen LogP contribution >= 0.6 is 11.3 Å². The summed E-state index contributed by atoms with van der Waals surface area (Å²) in [5.41, 5.74) is 0.423. The van der Waals surface area contributed by atoms with Crippen LogP contribution in [0.5, 0.6) is 0 Å². The van der Waals surface area contributed by atoms with Crippen molar-refractivity contribution in [2.75, 3.05) is 13.7 Å². The Morgan fingerprint density at radius 2 is 2.20 bits per heavy atom. The highest BCUT2D eigenvalue weighted by atomic mass is 32.1. The molecule has 0 aliphatic rings. The Balaban J connectivity index is 1.72. The van der Waals surface area contributed by atoms with Crippen molar-refractivity contribution in [3.05, 3.63) is 40.9 Å². The van der Waals surface area contributed by atoms with Crippen molar-refractivity contribution in [2.24, 2.45) is 0 Å².